The van der Waals surface area contributed by atoms with Crippen molar-refractivity contribution in [2.45, 2.75) is 6.54 Å². The minimum absolute atomic E-state index is 0.312. The van der Waals surface area contributed by atoms with Crippen molar-refractivity contribution in [2.24, 2.45) is 7.05 Å². The van der Waals surface area contributed by atoms with Gasteiger partial charge in [-0.2, -0.15) is 20.6 Å². The maximum Gasteiger partial charge on any atom is 0.276 e. The first-order chi connectivity index (χ1) is 15.6. The van der Waals surface area contributed by atoms with Crippen LogP contribution in [0.3, 0.4) is 0 Å². The van der Waals surface area contributed by atoms with Crippen molar-refractivity contribution in [3.63, 3.8) is 0 Å². The molecule has 0 fully saturated rings. The van der Waals surface area contributed by atoms with Crippen molar-refractivity contribution in [3.8, 4) is 17.2 Å². The SMILES string of the molecule is Cn1cc(-c2ccc3c(C(=O)Nc4cnn(Cc5cccc(C#N)c5)c4)n[nH]c3c2)cn1. The predicted octanol–water partition coefficient (Wildman–Crippen LogP) is 3.33. The fourth-order valence-electron chi connectivity index (χ4n) is 3.57. The number of aromatic nitrogens is 6. The lowest BCUT2D eigenvalue weighted by molar-refractivity contribution is 0.102. The molecule has 32 heavy (non-hydrogen) atoms. The van der Waals surface area contributed by atoms with Gasteiger partial charge in [0, 0.05) is 30.4 Å². The molecular formula is C23H18N8O. The van der Waals surface area contributed by atoms with Crippen molar-refractivity contribution >= 4 is 22.5 Å². The van der Waals surface area contributed by atoms with E-state index in [0.29, 0.717) is 23.5 Å². The van der Waals surface area contributed by atoms with Gasteiger partial charge in [-0.25, -0.2) is 0 Å². The first kappa shape index (κ1) is 19.3. The summed E-state index contributed by atoms with van der Waals surface area (Å²) in [7, 11) is 1.87. The molecule has 0 radical (unpaired) electrons. The Morgan fingerprint density at radius 2 is 2.03 bits per heavy atom. The van der Waals surface area contributed by atoms with E-state index in [0.717, 1.165) is 27.6 Å². The van der Waals surface area contributed by atoms with Gasteiger partial charge in [-0.3, -0.25) is 19.3 Å². The van der Waals surface area contributed by atoms with Crippen molar-refractivity contribution in [1.82, 2.24) is 29.8 Å². The summed E-state index contributed by atoms with van der Waals surface area (Å²) in [6.07, 6.45) is 7.05. The molecule has 0 bridgehead atoms. The number of aryl methyl sites for hydroxylation is 1. The van der Waals surface area contributed by atoms with Crippen molar-refractivity contribution in [3.05, 3.63) is 84.1 Å². The quantitative estimate of drug-likeness (QED) is 0.450. The van der Waals surface area contributed by atoms with Gasteiger partial charge >= 0.3 is 0 Å². The van der Waals surface area contributed by atoms with E-state index < -0.39 is 0 Å². The lowest BCUT2D eigenvalue weighted by Crippen LogP contribution is -2.12. The van der Waals surface area contributed by atoms with Gasteiger partial charge in [-0.05, 0) is 35.4 Å². The van der Waals surface area contributed by atoms with Crippen LogP contribution in [0.1, 0.15) is 21.6 Å². The summed E-state index contributed by atoms with van der Waals surface area (Å²) in [6.45, 7) is 0.494. The van der Waals surface area contributed by atoms with Crippen LogP contribution in [-0.2, 0) is 13.6 Å². The monoisotopic (exact) mass is 422 g/mol. The second kappa shape index (κ2) is 7.85. The Bertz CT molecular complexity index is 1480. The molecule has 0 aliphatic heterocycles. The van der Waals surface area contributed by atoms with E-state index >= 15 is 0 Å². The van der Waals surface area contributed by atoms with Gasteiger partial charge in [0.2, 0.25) is 0 Å². The number of carbonyl (C=O) groups excluding carboxylic acids is 1. The first-order valence-electron chi connectivity index (χ1n) is 9.89. The molecule has 0 saturated heterocycles. The number of aromatic amines is 1. The van der Waals surface area contributed by atoms with Gasteiger partial charge in [0.1, 0.15) is 0 Å². The highest BCUT2D eigenvalue weighted by Gasteiger charge is 2.16. The molecule has 0 atom stereocenters. The molecule has 0 aliphatic carbocycles. The third-order valence-electron chi connectivity index (χ3n) is 5.11. The second-order valence-corrected chi connectivity index (χ2v) is 7.43. The number of fused-ring (bicyclic) bond motifs is 1. The second-order valence-electron chi connectivity index (χ2n) is 7.43. The Hall–Kier alpha value is -4.71. The Kier molecular flexibility index (Phi) is 4.72. The summed E-state index contributed by atoms with van der Waals surface area (Å²) in [5.41, 5.74) is 5.17. The van der Waals surface area contributed by atoms with Crippen molar-refractivity contribution in [2.75, 3.05) is 5.32 Å². The third kappa shape index (κ3) is 3.73. The van der Waals surface area contributed by atoms with Gasteiger partial charge in [0.05, 0.1) is 41.8 Å². The smallest absolute Gasteiger partial charge is 0.276 e. The fourth-order valence-corrected chi connectivity index (χ4v) is 3.57. The van der Waals surface area contributed by atoms with Crippen LogP contribution in [0.15, 0.2) is 67.3 Å². The molecule has 156 valence electrons. The summed E-state index contributed by atoms with van der Waals surface area (Å²) in [4.78, 5) is 12.8. The Balaban J connectivity index is 1.32. The summed E-state index contributed by atoms with van der Waals surface area (Å²) >= 11 is 0. The van der Waals surface area contributed by atoms with Crippen LogP contribution in [0.4, 0.5) is 5.69 Å². The molecule has 1 amide bonds. The zero-order valence-electron chi connectivity index (χ0n) is 17.1. The molecular weight excluding hydrogens is 404 g/mol. The molecule has 0 unspecified atom stereocenters. The Morgan fingerprint density at radius 3 is 2.84 bits per heavy atom. The van der Waals surface area contributed by atoms with E-state index in [1.807, 2.05) is 49.6 Å². The zero-order valence-corrected chi connectivity index (χ0v) is 17.1. The van der Waals surface area contributed by atoms with Crippen LogP contribution < -0.4 is 5.32 Å². The van der Waals surface area contributed by atoms with Crippen molar-refractivity contribution in [1.29, 1.82) is 5.26 Å². The number of anilines is 1. The average Bonchev–Trinajstić information content (AvgIpc) is 3.53. The number of hydrogen-bond acceptors (Lipinski definition) is 5. The lowest BCUT2D eigenvalue weighted by atomic mass is 10.1. The van der Waals surface area contributed by atoms with E-state index in [2.05, 4.69) is 31.8 Å². The molecule has 9 nitrogen and oxygen atoms in total. The molecule has 9 heteroatoms. The number of nitriles is 1. The van der Waals surface area contributed by atoms with Gasteiger partial charge in [0.15, 0.2) is 5.69 Å². The fraction of sp³-hybridized carbons (Fsp3) is 0.0870. The normalized spacial score (nSPS) is 10.9. The lowest BCUT2D eigenvalue weighted by Gasteiger charge is -2.03. The average molecular weight is 422 g/mol. The minimum atomic E-state index is -0.323. The number of nitrogens with zero attached hydrogens (tertiary/aromatic N) is 6. The maximum atomic E-state index is 12.8. The molecule has 2 aromatic carbocycles. The largest absolute Gasteiger partial charge is 0.318 e. The highest BCUT2D eigenvalue weighted by Crippen LogP contribution is 2.25. The topological polar surface area (TPSA) is 117 Å². The summed E-state index contributed by atoms with van der Waals surface area (Å²) in [6, 6.07) is 15.2. The third-order valence-corrected chi connectivity index (χ3v) is 5.11. The molecule has 2 N–H and O–H groups in total. The van der Waals surface area contributed by atoms with Gasteiger partial charge in [-0.15, -0.1) is 0 Å². The van der Waals surface area contributed by atoms with Crippen LogP contribution in [-0.4, -0.2) is 35.7 Å². The minimum Gasteiger partial charge on any atom is -0.318 e. The standard InChI is InChI=1S/C23H18N8O/c1-30-13-18(10-25-30)17-5-6-20-21(8-17)28-29-22(20)23(32)27-19-11-26-31(14-19)12-16-4-2-3-15(7-16)9-24/h2-8,10-11,13-14H,12H2,1H3,(H,27,32)(H,28,29). The number of hydrogen-bond donors (Lipinski definition) is 2. The highest BCUT2D eigenvalue weighted by molar-refractivity contribution is 6.11. The zero-order chi connectivity index (χ0) is 22.1. The molecule has 0 aliphatic rings. The molecule has 0 spiro atoms. The van der Waals surface area contributed by atoms with Crippen molar-refractivity contribution < 1.29 is 4.79 Å². The number of nitrogens with one attached hydrogen (secondary N) is 2. The molecule has 3 aromatic heterocycles. The number of H-pyrrole nitrogens is 1. The van der Waals surface area contributed by atoms with E-state index in [1.165, 1.54) is 0 Å². The van der Waals surface area contributed by atoms with Crippen LogP contribution in [0.2, 0.25) is 0 Å². The summed E-state index contributed by atoms with van der Waals surface area (Å²) in [5.74, 6) is -0.323. The Morgan fingerprint density at radius 1 is 1.12 bits per heavy atom. The molecule has 3 heterocycles. The maximum absolute atomic E-state index is 12.8. The summed E-state index contributed by atoms with van der Waals surface area (Å²) in [5, 5.41) is 28.2. The molecule has 0 saturated carbocycles. The highest BCUT2D eigenvalue weighted by atomic mass is 16.2. The summed E-state index contributed by atoms with van der Waals surface area (Å²) < 4.78 is 3.45. The van der Waals surface area contributed by atoms with E-state index in [-0.39, 0.29) is 5.91 Å². The molecule has 5 rings (SSSR count). The predicted molar refractivity (Wildman–Crippen MR) is 119 cm³/mol. The first-order valence-corrected chi connectivity index (χ1v) is 9.89. The van der Waals surface area contributed by atoms with Crippen LogP contribution in [0, 0.1) is 11.3 Å². The number of rotatable bonds is 5. The molecule has 5 aromatic rings. The Labute approximate surface area is 182 Å². The number of benzene rings is 2. The van der Waals surface area contributed by atoms with Crippen LogP contribution >= 0.6 is 0 Å². The van der Waals surface area contributed by atoms with E-state index in [1.54, 1.807) is 34.0 Å². The van der Waals surface area contributed by atoms with Gasteiger partial charge < -0.3 is 5.32 Å². The van der Waals surface area contributed by atoms with Gasteiger partial charge in [0.25, 0.3) is 5.91 Å². The number of carbonyl (C=O) groups is 1. The van der Waals surface area contributed by atoms with Crippen LogP contribution in [0.25, 0.3) is 22.0 Å². The number of amides is 1. The van der Waals surface area contributed by atoms with Crippen LogP contribution in [0.5, 0.6) is 0 Å². The van der Waals surface area contributed by atoms with E-state index in [4.69, 9.17) is 5.26 Å². The van der Waals surface area contributed by atoms with E-state index in [9.17, 15) is 4.79 Å². The van der Waals surface area contributed by atoms with Gasteiger partial charge in [-0.1, -0.05) is 18.2 Å².